The highest BCUT2D eigenvalue weighted by Crippen LogP contribution is 2.31. The fourth-order valence-corrected chi connectivity index (χ4v) is 3.57. The van der Waals surface area contributed by atoms with Gasteiger partial charge in [-0.05, 0) is 29.8 Å². The molecule has 0 radical (unpaired) electrons. The van der Waals surface area contributed by atoms with E-state index in [1.54, 1.807) is 17.0 Å². The summed E-state index contributed by atoms with van der Waals surface area (Å²) < 4.78 is 40.9. The van der Waals surface area contributed by atoms with Crippen LogP contribution in [0.25, 0.3) is 0 Å². The van der Waals surface area contributed by atoms with E-state index in [1.165, 1.54) is 12.1 Å². The number of fused-ring (bicyclic) bond motifs is 1. The van der Waals surface area contributed by atoms with Crippen LogP contribution in [0.3, 0.4) is 0 Å². The second-order valence-corrected chi connectivity index (χ2v) is 6.92. The number of nitrogens with zero attached hydrogens (tertiary/aromatic N) is 2. The fourth-order valence-electron chi connectivity index (χ4n) is 3.57. The topological polar surface area (TPSA) is 51.2 Å². The molecule has 154 valence electrons. The molecule has 29 heavy (non-hydrogen) atoms. The van der Waals surface area contributed by atoms with Crippen molar-refractivity contribution in [2.24, 2.45) is 0 Å². The van der Waals surface area contributed by atoms with Gasteiger partial charge in [-0.1, -0.05) is 18.2 Å². The van der Waals surface area contributed by atoms with Gasteiger partial charge in [0, 0.05) is 32.7 Å². The van der Waals surface area contributed by atoms with E-state index in [9.17, 15) is 13.6 Å². The first-order valence-corrected chi connectivity index (χ1v) is 9.54. The highest BCUT2D eigenvalue weighted by atomic mass is 19.3. The van der Waals surface area contributed by atoms with Gasteiger partial charge in [-0.2, -0.15) is 8.78 Å². The lowest BCUT2D eigenvalue weighted by atomic mass is 10.1. The summed E-state index contributed by atoms with van der Waals surface area (Å²) in [7, 11) is 0. The first-order chi connectivity index (χ1) is 14.1. The summed E-state index contributed by atoms with van der Waals surface area (Å²) in [5.74, 6) is 1.14. The quantitative estimate of drug-likeness (QED) is 0.767. The van der Waals surface area contributed by atoms with E-state index in [-0.39, 0.29) is 17.2 Å². The molecule has 8 heteroatoms. The van der Waals surface area contributed by atoms with E-state index in [0.717, 1.165) is 23.6 Å². The summed E-state index contributed by atoms with van der Waals surface area (Å²) in [4.78, 5) is 16.7. The lowest BCUT2D eigenvalue weighted by molar-refractivity contribution is -0.0503. The zero-order valence-corrected chi connectivity index (χ0v) is 15.9. The van der Waals surface area contributed by atoms with E-state index in [4.69, 9.17) is 9.47 Å². The molecule has 4 rings (SSSR count). The number of para-hydroxylation sites is 1. The Bertz CT molecular complexity index is 870. The summed E-state index contributed by atoms with van der Waals surface area (Å²) in [6.45, 7) is 1.31. The van der Waals surface area contributed by atoms with Crippen LogP contribution in [0.2, 0.25) is 0 Å². The van der Waals surface area contributed by atoms with Gasteiger partial charge in [-0.15, -0.1) is 0 Å². The summed E-state index contributed by atoms with van der Waals surface area (Å²) in [6, 6.07) is 12.0. The average molecular weight is 404 g/mol. The summed E-state index contributed by atoms with van der Waals surface area (Å²) >= 11 is 0. The van der Waals surface area contributed by atoms with Crippen LogP contribution >= 0.6 is 0 Å². The van der Waals surface area contributed by atoms with Crippen molar-refractivity contribution in [3.63, 3.8) is 0 Å². The van der Waals surface area contributed by atoms with E-state index in [2.05, 4.69) is 9.64 Å². The van der Waals surface area contributed by atoms with E-state index in [0.29, 0.717) is 39.4 Å². The molecule has 0 spiro atoms. The van der Waals surface area contributed by atoms with Crippen molar-refractivity contribution in [1.29, 1.82) is 0 Å². The summed E-state index contributed by atoms with van der Waals surface area (Å²) in [5.41, 5.74) is 1.28. The van der Waals surface area contributed by atoms with Gasteiger partial charge in [-0.3, -0.25) is 9.69 Å². The zero-order valence-electron chi connectivity index (χ0n) is 15.9. The van der Waals surface area contributed by atoms with Crippen molar-refractivity contribution >= 4 is 5.91 Å². The molecule has 1 fully saturated rings. The molecule has 6 nitrogen and oxygen atoms in total. The van der Waals surface area contributed by atoms with Crippen molar-refractivity contribution < 1.29 is 27.8 Å². The molecule has 0 saturated carbocycles. The Kier molecular flexibility index (Phi) is 5.80. The Morgan fingerprint density at radius 2 is 1.72 bits per heavy atom. The van der Waals surface area contributed by atoms with Gasteiger partial charge < -0.3 is 19.1 Å². The van der Waals surface area contributed by atoms with Gasteiger partial charge in [0.25, 0.3) is 5.91 Å². The molecule has 0 bridgehead atoms. The molecule has 0 N–H and O–H groups in total. The number of hydrogen-bond acceptors (Lipinski definition) is 5. The first kappa shape index (κ1) is 19.4. The number of rotatable bonds is 5. The number of amides is 1. The lowest BCUT2D eigenvalue weighted by Gasteiger charge is -2.35. The number of hydrogen-bond donors (Lipinski definition) is 0. The Labute approximate surface area is 167 Å². The molecule has 0 unspecified atom stereocenters. The predicted octanol–water partition coefficient (Wildman–Crippen LogP) is 3.02. The predicted molar refractivity (Wildman–Crippen MR) is 102 cm³/mol. The van der Waals surface area contributed by atoms with Gasteiger partial charge in [0.1, 0.15) is 19.0 Å². The number of ether oxygens (including phenoxy) is 3. The first-order valence-electron chi connectivity index (χ1n) is 9.54. The maximum Gasteiger partial charge on any atom is 0.387 e. The third kappa shape index (κ3) is 4.59. The number of carbonyl (C=O) groups is 1. The SMILES string of the molecule is O=C(c1ccccc1OC(F)F)N1CCN(Cc2ccc3c(c2)OCCO3)CC1. The summed E-state index contributed by atoms with van der Waals surface area (Å²) in [6.07, 6.45) is 0. The van der Waals surface area contributed by atoms with Crippen molar-refractivity contribution in [2.45, 2.75) is 13.2 Å². The molecule has 1 amide bonds. The zero-order chi connectivity index (χ0) is 20.2. The van der Waals surface area contributed by atoms with Gasteiger partial charge in [-0.25, -0.2) is 0 Å². The highest BCUT2D eigenvalue weighted by molar-refractivity contribution is 5.97. The minimum absolute atomic E-state index is 0.0915. The molecular formula is C21H22F2N2O4. The van der Waals surface area contributed by atoms with Crippen LogP contribution in [0, 0.1) is 0 Å². The fraction of sp³-hybridized carbons (Fsp3) is 0.381. The molecule has 1 saturated heterocycles. The standard InChI is InChI=1S/C21H22F2N2O4/c22-21(23)29-17-4-2-1-3-16(17)20(26)25-9-7-24(8-10-25)14-15-5-6-18-19(13-15)28-12-11-27-18/h1-6,13,21H,7-12,14H2. The minimum Gasteiger partial charge on any atom is -0.486 e. The molecule has 2 aliphatic heterocycles. The second kappa shape index (κ2) is 8.65. The monoisotopic (exact) mass is 404 g/mol. The maximum atomic E-state index is 12.8. The van der Waals surface area contributed by atoms with E-state index < -0.39 is 6.61 Å². The van der Waals surface area contributed by atoms with Crippen LogP contribution in [-0.4, -0.2) is 61.7 Å². The molecule has 0 aliphatic carbocycles. The Morgan fingerprint density at radius 1 is 1.00 bits per heavy atom. The number of halogens is 2. The highest BCUT2D eigenvalue weighted by Gasteiger charge is 2.25. The van der Waals surface area contributed by atoms with Gasteiger partial charge in [0.15, 0.2) is 11.5 Å². The maximum absolute atomic E-state index is 12.8. The number of carbonyl (C=O) groups excluding carboxylic acids is 1. The van der Waals surface area contributed by atoms with Crippen LogP contribution < -0.4 is 14.2 Å². The smallest absolute Gasteiger partial charge is 0.387 e. The van der Waals surface area contributed by atoms with E-state index in [1.807, 2.05) is 18.2 Å². The van der Waals surface area contributed by atoms with Gasteiger partial charge in [0.05, 0.1) is 5.56 Å². The van der Waals surface area contributed by atoms with E-state index >= 15 is 0 Å². The lowest BCUT2D eigenvalue weighted by Crippen LogP contribution is -2.48. The number of piperazine rings is 1. The van der Waals surface area contributed by atoms with Crippen LogP contribution in [0.1, 0.15) is 15.9 Å². The molecule has 2 aliphatic rings. The molecule has 2 heterocycles. The van der Waals surface area contributed by atoms with Crippen molar-refractivity contribution in [3.05, 3.63) is 53.6 Å². The normalized spacial score (nSPS) is 16.7. The van der Waals surface area contributed by atoms with Crippen LogP contribution in [0.4, 0.5) is 8.78 Å². The number of benzene rings is 2. The molecular weight excluding hydrogens is 382 g/mol. The van der Waals surface area contributed by atoms with Crippen LogP contribution in [0.5, 0.6) is 17.2 Å². The third-order valence-electron chi connectivity index (χ3n) is 5.01. The van der Waals surface area contributed by atoms with Gasteiger partial charge >= 0.3 is 6.61 Å². The minimum atomic E-state index is -2.97. The average Bonchev–Trinajstić information content (AvgIpc) is 2.74. The Balaban J connectivity index is 1.35. The van der Waals surface area contributed by atoms with Crippen LogP contribution in [-0.2, 0) is 6.54 Å². The molecule has 2 aromatic carbocycles. The van der Waals surface area contributed by atoms with Gasteiger partial charge in [0.2, 0.25) is 0 Å². The number of alkyl halides is 2. The second-order valence-electron chi connectivity index (χ2n) is 6.92. The largest absolute Gasteiger partial charge is 0.486 e. The van der Waals surface area contributed by atoms with Crippen molar-refractivity contribution in [3.8, 4) is 17.2 Å². The molecule has 2 aromatic rings. The van der Waals surface area contributed by atoms with Crippen molar-refractivity contribution in [2.75, 3.05) is 39.4 Å². The molecule has 0 atom stereocenters. The Hall–Kier alpha value is -2.87. The van der Waals surface area contributed by atoms with Crippen molar-refractivity contribution in [1.82, 2.24) is 9.80 Å². The Morgan fingerprint density at radius 3 is 2.48 bits per heavy atom. The third-order valence-corrected chi connectivity index (χ3v) is 5.01. The summed E-state index contributed by atoms with van der Waals surface area (Å²) in [5, 5.41) is 0. The molecule has 0 aromatic heterocycles. The van der Waals surface area contributed by atoms with Crippen LogP contribution in [0.15, 0.2) is 42.5 Å².